The molecule has 0 aliphatic rings. The molecule has 5 heteroatoms. The molecule has 0 saturated heterocycles. The SMILES string of the molecule is Cc1cscc1CNc1nc(C(C)(C)C)nc(Cl)c1C. The monoisotopic (exact) mass is 309 g/mol. The van der Waals surface area contributed by atoms with Gasteiger partial charge in [0.1, 0.15) is 16.8 Å². The molecule has 0 aliphatic carbocycles. The Morgan fingerprint density at radius 1 is 1.20 bits per heavy atom. The molecular formula is C15H20ClN3S. The van der Waals surface area contributed by atoms with E-state index in [9.17, 15) is 0 Å². The highest BCUT2D eigenvalue weighted by Crippen LogP contribution is 2.26. The Morgan fingerprint density at radius 3 is 2.45 bits per heavy atom. The Balaban J connectivity index is 2.27. The lowest BCUT2D eigenvalue weighted by Crippen LogP contribution is -2.18. The molecule has 0 saturated carbocycles. The molecule has 0 fully saturated rings. The molecule has 2 aromatic rings. The number of aromatic nitrogens is 2. The smallest absolute Gasteiger partial charge is 0.137 e. The Morgan fingerprint density at radius 2 is 1.90 bits per heavy atom. The number of rotatable bonds is 3. The first-order valence-corrected chi connectivity index (χ1v) is 7.91. The molecule has 0 bridgehead atoms. The molecule has 108 valence electrons. The minimum absolute atomic E-state index is 0.119. The number of hydrogen-bond acceptors (Lipinski definition) is 4. The maximum atomic E-state index is 6.23. The van der Waals surface area contributed by atoms with Crippen LogP contribution >= 0.6 is 22.9 Å². The Hall–Kier alpha value is -1.13. The Labute approximate surface area is 129 Å². The van der Waals surface area contributed by atoms with E-state index in [-0.39, 0.29) is 5.41 Å². The second-order valence-corrected chi connectivity index (χ2v) is 7.10. The van der Waals surface area contributed by atoms with E-state index < -0.39 is 0 Å². The predicted molar refractivity (Wildman–Crippen MR) is 86.9 cm³/mol. The van der Waals surface area contributed by atoms with Crippen LogP contribution in [0.3, 0.4) is 0 Å². The van der Waals surface area contributed by atoms with Crippen LogP contribution in [0.25, 0.3) is 0 Å². The second-order valence-electron chi connectivity index (χ2n) is 6.00. The summed E-state index contributed by atoms with van der Waals surface area (Å²) in [7, 11) is 0. The lowest BCUT2D eigenvalue weighted by Gasteiger charge is -2.19. The summed E-state index contributed by atoms with van der Waals surface area (Å²) in [6, 6.07) is 0. The predicted octanol–water partition coefficient (Wildman–Crippen LogP) is 4.72. The Bertz CT molecular complexity index is 614. The summed E-state index contributed by atoms with van der Waals surface area (Å²) in [5.41, 5.74) is 3.37. The molecule has 2 heterocycles. The maximum Gasteiger partial charge on any atom is 0.137 e. The van der Waals surface area contributed by atoms with E-state index >= 15 is 0 Å². The molecular weight excluding hydrogens is 290 g/mol. The van der Waals surface area contributed by atoms with Crippen molar-refractivity contribution in [2.75, 3.05) is 5.32 Å². The molecule has 0 radical (unpaired) electrons. The highest BCUT2D eigenvalue weighted by atomic mass is 35.5. The number of thiophene rings is 1. The third kappa shape index (κ3) is 3.30. The zero-order valence-corrected chi connectivity index (χ0v) is 14.1. The first kappa shape index (κ1) is 15.3. The lowest BCUT2D eigenvalue weighted by atomic mass is 9.95. The summed E-state index contributed by atoms with van der Waals surface area (Å²) in [6.45, 7) is 11.1. The summed E-state index contributed by atoms with van der Waals surface area (Å²) in [5, 5.41) is 8.21. The van der Waals surface area contributed by atoms with Gasteiger partial charge in [-0.3, -0.25) is 0 Å². The van der Waals surface area contributed by atoms with Crippen LogP contribution in [0.2, 0.25) is 5.15 Å². The van der Waals surface area contributed by atoms with E-state index in [0.29, 0.717) is 5.15 Å². The van der Waals surface area contributed by atoms with E-state index in [1.165, 1.54) is 11.1 Å². The van der Waals surface area contributed by atoms with Crippen LogP contribution < -0.4 is 5.32 Å². The van der Waals surface area contributed by atoms with Gasteiger partial charge in [-0.1, -0.05) is 32.4 Å². The van der Waals surface area contributed by atoms with Gasteiger partial charge in [0.05, 0.1) is 0 Å². The van der Waals surface area contributed by atoms with Crippen LogP contribution in [0.4, 0.5) is 5.82 Å². The average molecular weight is 310 g/mol. The second kappa shape index (κ2) is 5.70. The van der Waals surface area contributed by atoms with Crippen molar-refractivity contribution in [2.24, 2.45) is 0 Å². The molecule has 0 unspecified atom stereocenters. The fourth-order valence-corrected chi connectivity index (χ4v) is 2.77. The standard InChI is InChI=1S/C15H20ClN3S/c1-9-7-20-8-11(9)6-17-13-10(2)12(16)18-14(19-13)15(3,4)5/h7-8H,6H2,1-5H3,(H,17,18,19). The highest BCUT2D eigenvalue weighted by Gasteiger charge is 2.20. The number of aryl methyl sites for hydroxylation is 1. The zero-order valence-electron chi connectivity index (χ0n) is 12.5. The van der Waals surface area contributed by atoms with Gasteiger partial charge in [0.25, 0.3) is 0 Å². The average Bonchev–Trinajstić information content (AvgIpc) is 2.75. The molecule has 0 atom stereocenters. The summed E-state index contributed by atoms with van der Waals surface area (Å²) in [4.78, 5) is 9.01. The van der Waals surface area contributed by atoms with Crippen LogP contribution in [0.5, 0.6) is 0 Å². The van der Waals surface area contributed by atoms with Crippen LogP contribution in [0, 0.1) is 13.8 Å². The van der Waals surface area contributed by atoms with E-state index in [2.05, 4.69) is 53.7 Å². The van der Waals surface area contributed by atoms with Gasteiger partial charge in [0.2, 0.25) is 0 Å². The van der Waals surface area contributed by atoms with Gasteiger partial charge >= 0.3 is 0 Å². The number of halogens is 1. The minimum Gasteiger partial charge on any atom is -0.366 e. The van der Waals surface area contributed by atoms with Crippen molar-refractivity contribution in [3.8, 4) is 0 Å². The fraction of sp³-hybridized carbons (Fsp3) is 0.467. The van der Waals surface area contributed by atoms with Crippen LogP contribution in [0.15, 0.2) is 10.8 Å². The molecule has 0 aromatic carbocycles. The van der Waals surface area contributed by atoms with Crippen molar-refractivity contribution in [1.82, 2.24) is 9.97 Å². The summed E-state index contributed by atoms with van der Waals surface area (Å²) >= 11 is 7.95. The number of nitrogens with one attached hydrogen (secondary N) is 1. The van der Waals surface area contributed by atoms with E-state index in [4.69, 9.17) is 11.6 Å². The van der Waals surface area contributed by atoms with Crippen molar-refractivity contribution < 1.29 is 0 Å². The van der Waals surface area contributed by atoms with Crippen LogP contribution in [-0.4, -0.2) is 9.97 Å². The summed E-state index contributed by atoms with van der Waals surface area (Å²) in [5.74, 6) is 1.58. The maximum absolute atomic E-state index is 6.23. The van der Waals surface area contributed by atoms with Gasteiger partial charge in [-0.15, -0.1) is 0 Å². The molecule has 2 aromatic heterocycles. The van der Waals surface area contributed by atoms with Gasteiger partial charge in [0, 0.05) is 17.5 Å². The van der Waals surface area contributed by atoms with Gasteiger partial charge in [-0.2, -0.15) is 11.3 Å². The lowest BCUT2D eigenvalue weighted by molar-refractivity contribution is 0.545. The quantitative estimate of drug-likeness (QED) is 0.834. The third-order valence-electron chi connectivity index (χ3n) is 3.17. The number of anilines is 1. The number of nitrogens with zero attached hydrogens (tertiary/aromatic N) is 2. The summed E-state index contributed by atoms with van der Waals surface area (Å²) in [6.07, 6.45) is 0. The first-order valence-electron chi connectivity index (χ1n) is 6.59. The topological polar surface area (TPSA) is 37.8 Å². The molecule has 0 aliphatic heterocycles. The van der Waals surface area contributed by atoms with E-state index in [0.717, 1.165) is 23.8 Å². The fourth-order valence-electron chi connectivity index (χ4n) is 1.74. The Kier molecular flexibility index (Phi) is 4.35. The largest absolute Gasteiger partial charge is 0.366 e. The van der Waals surface area contributed by atoms with Gasteiger partial charge in [-0.05, 0) is 35.7 Å². The first-order chi connectivity index (χ1) is 9.29. The third-order valence-corrected chi connectivity index (χ3v) is 4.44. The zero-order chi connectivity index (χ0) is 14.9. The number of hydrogen-bond donors (Lipinski definition) is 1. The van der Waals surface area contributed by atoms with Gasteiger partial charge < -0.3 is 5.32 Å². The highest BCUT2D eigenvalue weighted by molar-refractivity contribution is 7.08. The van der Waals surface area contributed by atoms with Crippen molar-refractivity contribution in [3.05, 3.63) is 38.4 Å². The van der Waals surface area contributed by atoms with E-state index in [1.807, 2.05) is 6.92 Å². The normalized spacial score (nSPS) is 11.7. The van der Waals surface area contributed by atoms with Crippen LogP contribution in [-0.2, 0) is 12.0 Å². The van der Waals surface area contributed by atoms with Crippen molar-refractivity contribution in [3.63, 3.8) is 0 Å². The van der Waals surface area contributed by atoms with Crippen molar-refractivity contribution >= 4 is 28.8 Å². The molecule has 3 nitrogen and oxygen atoms in total. The molecule has 0 amide bonds. The molecule has 0 spiro atoms. The summed E-state index contributed by atoms with van der Waals surface area (Å²) < 4.78 is 0. The van der Waals surface area contributed by atoms with Crippen LogP contribution in [0.1, 0.15) is 43.3 Å². The van der Waals surface area contributed by atoms with E-state index in [1.54, 1.807) is 11.3 Å². The molecule has 1 N–H and O–H groups in total. The molecule has 20 heavy (non-hydrogen) atoms. The minimum atomic E-state index is -0.119. The van der Waals surface area contributed by atoms with Crippen molar-refractivity contribution in [1.29, 1.82) is 0 Å². The molecule has 2 rings (SSSR count). The van der Waals surface area contributed by atoms with Gasteiger partial charge in [0.15, 0.2) is 0 Å². The van der Waals surface area contributed by atoms with Gasteiger partial charge in [-0.25, -0.2) is 9.97 Å². The van der Waals surface area contributed by atoms with Crippen molar-refractivity contribution in [2.45, 2.75) is 46.6 Å².